The highest BCUT2D eigenvalue weighted by Gasteiger charge is 2.14. The number of aromatic nitrogens is 1. The molecule has 0 radical (unpaired) electrons. The zero-order valence-electron chi connectivity index (χ0n) is 14.5. The second-order valence-electron chi connectivity index (χ2n) is 6.08. The molecular weight excluding hydrogens is 421 g/mol. The van der Waals surface area contributed by atoms with E-state index in [0.717, 1.165) is 36.4 Å². The number of thiazole rings is 1. The van der Waals surface area contributed by atoms with Crippen LogP contribution in [-0.4, -0.2) is 49.1 Å². The van der Waals surface area contributed by atoms with E-state index in [1.807, 2.05) is 20.2 Å². The van der Waals surface area contributed by atoms with Crippen LogP contribution in [0.15, 0.2) is 11.2 Å². The first kappa shape index (κ1) is 20.6. The fourth-order valence-corrected chi connectivity index (χ4v) is 3.41. The van der Waals surface area contributed by atoms with Gasteiger partial charge in [0.1, 0.15) is 0 Å². The zero-order valence-corrected chi connectivity index (χ0v) is 17.6. The lowest BCUT2D eigenvalue weighted by atomic mass is 9.99. The van der Waals surface area contributed by atoms with Gasteiger partial charge in [-0.1, -0.05) is 6.92 Å². The maximum absolute atomic E-state index is 4.27. The predicted octanol–water partition coefficient (Wildman–Crippen LogP) is 2.86. The van der Waals surface area contributed by atoms with Crippen LogP contribution in [0.2, 0.25) is 0 Å². The Hall–Kier alpha value is -0.410. The number of rotatable bonds is 6. The molecule has 0 aliphatic carbocycles. The molecule has 0 spiro atoms. The van der Waals surface area contributed by atoms with Crippen LogP contribution in [0.5, 0.6) is 0 Å². The van der Waals surface area contributed by atoms with Crippen molar-refractivity contribution in [3.63, 3.8) is 0 Å². The normalized spacial score (nSPS) is 16.9. The number of aryl methyl sites for hydroxylation is 1. The van der Waals surface area contributed by atoms with Crippen molar-refractivity contribution in [2.24, 2.45) is 10.9 Å². The fourth-order valence-electron chi connectivity index (χ4n) is 2.67. The molecule has 23 heavy (non-hydrogen) atoms. The molecule has 2 rings (SSSR count). The zero-order chi connectivity index (χ0) is 15.8. The number of likely N-dealkylation sites (tertiary alicyclic amines) is 1. The van der Waals surface area contributed by atoms with Crippen molar-refractivity contribution in [3.05, 3.63) is 16.1 Å². The standard InChI is InChI=1S/C16H29N5S.HI/c1-13-5-9-21(10-6-13)8-4-7-18-16(17-3)20-12-15-11-19-14(2)22-15;/h11,13H,4-10,12H2,1-3H3,(H2,17,18,20);1H. The minimum atomic E-state index is 0. The van der Waals surface area contributed by atoms with Crippen molar-refractivity contribution in [1.82, 2.24) is 20.5 Å². The van der Waals surface area contributed by atoms with Crippen LogP contribution in [0.1, 0.15) is 36.1 Å². The second kappa shape index (κ2) is 11.2. The maximum atomic E-state index is 4.27. The third-order valence-electron chi connectivity index (χ3n) is 4.14. The molecule has 1 aliphatic rings. The van der Waals surface area contributed by atoms with Crippen LogP contribution >= 0.6 is 35.3 Å². The topological polar surface area (TPSA) is 52.6 Å². The van der Waals surface area contributed by atoms with Gasteiger partial charge in [0, 0.05) is 24.7 Å². The molecule has 132 valence electrons. The summed E-state index contributed by atoms with van der Waals surface area (Å²) >= 11 is 1.72. The van der Waals surface area contributed by atoms with E-state index in [4.69, 9.17) is 0 Å². The Bertz CT molecular complexity index is 469. The molecule has 1 aliphatic heterocycles. The Morgan fingerprint density at radius 1 is 1.39 bits per heavy atom. The molecule has 0 unspecified atom stereocenters. The van der Waals surface area contributed by atoms with Gasteiger partial charge in [0.2, 0.25) is 0 Å². The smallest absolute Gasteiger partial charge is 0.191 e. The minimum absolute atomic E-state index is 0. The van der Waals surface area contributed by atoms with Crippen LogP contribution in [-0.2, 0) is 6.54 Å². The highest BCUT2D eigenvalue weighted by atomic mass is 127. The van der Waals surface area contributed by atoms with Crippen molar-refractivity contribution < 1.29 is 0 Å². The Labute approximate surface area is 161 Å². The van der Waals surface area contributed by atoms with Crippen LogP contribution in [0.25, 0.3) is 0 Å². The van der Waals surface area contributed by atoms with Gasteiger partial charge in [-0.3, -0.25) is 4.99 Å². The van der Waals surface area contributed by atoms with Gasteiger partial charge in [-0.15, -0.1) is 35.3 Å². The van der Waals surface area contributed by atoms with E-state index in [2.05, 4.69) is 32.4 Å². The van der Waals surface area contributed by atoms with Gasteiger partial charge < -0.3 is 15.5 Å². The van der Waals surface area contributed by atoms with Gasteiger partial charge in [-0.05, 0) is 51.7 Å². The molecule has 2 heterocycles. The van der Waals surface area contributed by atoms with Crippen molar-refractivity contribution in [1.29, 1.82) is 0 Å². The Morgan fingerprint density at radius 3 is 2.74 bits per heavy atom. The van der Waals surface area contributed by atoms with Crippen LogP contribution in [0.4, 0.5) is 0 Å². The number of guanidine groups is 1. The SMILES string of the molecule is CN=C(NCCCN1CCC(C)CC1)NCc1cnc(C)s1.I. The largest absolute Gasteiger partial charge is 0.356 e. The van der Waals surface area contributed by atoms with E-state index in [-0.39, 0.29) is 24.0 Å². The van der Waals surface area contributed by atoms with Gasteiger partial charge in [0.05, 0.1) is 11.6 Å². The molecule has 0 saturated carbocycles. The van der Waals surface area contributed by atoms with E-state index >= 15 is 0 Å². The van der Waals surface area contributed by atoms with Crippen molar-refractivity contribution >= 4 is 41.3 Å². The number of nitrogens with zero attached hydrogens (tertiary/aromatic N) is 3. The van der Waals surface area contributed by atoms with Gasteiger partial charge >= 0.3 is 0 Å². The quantitative estimate of drug-likeness (QED) is 0.302. The lowest BCUT2D eigenvalue weighted by Crippen LogP contribution is -2.39. The van der Waals surface area contributed by atoms with Gasteiger partial charge in [-0.2, -0.15) is 0 Å². The summed E-state index contributed by atoms with van der Waals surface area (Å²) in [6, 6.07) is 0. The van der Waals surface area contributed by atoms with Gasteiger partial charge in [0.15, 0.2) is 5.96 Å². The molecule has 0 bridgehead atoms. The summed E-state index contributed by atoms with van der Waals surface area (Å²) in [7, 11) is 1.82. The van der Waals surface area contributed by atoms with Gasteiger partial charge in [-0.25, -0.2) is 4.98 Å². The molecule has 7 heteroatoms. The lowest BCUT2D eigenvalue weighted by Gasteiger charge is -2.30. The van der Waals surface area contributed by atoms with E-state index in [1.54, 1.807) is 11.3 Å². The fraction of sp³-hybridized carbons (Fsp3) is 0.750. The summed E-state index contributed by atoms with van der Waals surface area (Å²) in [5.41, 5.74) is 0. The van der Waals surface area contributed by atoms with Crippen molar-refractivity contribution in [2.45, 2.75) is 39.7 Å². The van der Waals surface area contributed by atoms with Crippen LogP contribution < -0.4 is 10.6 Å². The highest BCUT2D eigenvalue weighted by Crippen LogP contribution is 2.15. The molecule has 1 saturated heterocycles. The molecule has 0 atom stereocenters. The van der Waals surface area contributed by atoms with E-state index in [1.165, 1.54) is 37.4 Å². The molecular formula is C16H30IN5S. The Morgan fingerprint density at radius 2 is 2.13 bits per heavy atom. The first-order valence-corrected chi connectivity index (χ1v) is 9.07. The minimum Gasteiger partial charge on any atom is -0.356 e. The monoisotopic (exact) mass is 451 g/mol. The summed E-state index contributed by atoms with van der Waals surface area (Å²) in [4.78, 5) is 12.4. The predicted molar refractivity (Wildman–Crippen MR) is 110 cm³/mol. The summed E-state index contributed by atoms with van der Waals surface area (Å²) in [6.45, 7) is 9.85. The number of piperidine rings is 1. The third kappa shape index (κ3) is 7.80. The Balaban J connectivity index is 0.00000264. The lowest BCUT2D eigenvalue weighted by molar-refractivity contribution is 0.191. The van der Waals surface area contributed by atoms with E-state index < -0.39 is 0 Å². The summed E-state index contributed by atoms with van der Waals surface area (Å²) in [5, 5.41) is 7.84. The number of hydrogen-bond acceptors (Lipinski definition) is 4. The number of halogens is 1. The maximum Gasteiger partial charge on any atom is 0.191 e. The van der Waals surface area contributed by atoms with Crippen molar-refractivity contribution in [2.75, 3.05) is 33.2 Å². The van der Waals surface area contributed by atoms with E-state index in [0.29, 0.717) is 0 Å². The highest BCUT2D eigenvalue weighted by molar-refractivity contribution is 14.0. The number of nitrogens with one attached hydrogen (secondary N) is 2. The second-order valence-corrected chi connectivity index (χ2v) is 7.40. The average Bonchev–Trinajstić information content (AvgIpc) is 2.94. The van der Waals surface area contributed by atoms with E-state index in [9.17, 15) is 0 Å². The van der Waals surface area contributed by atoms with Crippen molar-refractivity contribution in [3.8, 4) is 0 Å². The number of hydrogen-bond donors (Lipinski definition) is 2. The molecule has 5 nitrogen and oxygen atoms in total. The van der Waals surface area contributed by atoms with Gasteiger partial charge in [0.25, 0.3) is 0 Å². The Kier molecular flexibility index (Phi) is 10.0. The molecule has 0 aromatic carbocycles. The molecule has 1 aromatic rings. The number of aliphatic imine (C=N–C) groups is 1. The first-order chi connectivity index (χ1) is 10.7. The summed E-state index contributed by atoms with van der Waals surface area (Å²) in [6.07, 6.45) is 5.79. The third-order valence-corrected chi connectivity index (χ3v) is 5.06. The molecule has 1 aromatic heterocycles. The van der Waals surface area contributed by atoms with Crippen LogP contribution in [0, 0.1) is 12.8 Å². The average molecular weight is 451 g/mol. The molecule has 0 amide bonds. The first-order valence-electron chi connectivity index (χ1n) is 8.25. The summed E-state index contributed by atoms with van der Waals surface area (Å²) < 4.78 is 0. The summed E-state index contributed by atoms with van der Waals surface area (Å²) in [5.74, 6) is 1.78. The molecule has 1 fully saturated rings. The van der Waals surface area contributed by atoms with Crippen LogP contribution in [0.3, 0.4) is 0 Å². The molecule has 2 N–H and O–H groups in total.